The molecule has 2 rings (SSSR count). The zero-order valence-corrected chi connectivity index (χ0v) is 13.9. The Balaban J connectivity index is 1.93. The number of likely N-dealkylation sites (tertiary alicyclic amines) is 1. The van der Waals surface area contributed by atoms with Crippen molar-refractivity contribution in [2.24, 2.45) is 5.92 Å². The van der Waals surface area contributed by atoms with Crippen molar-refractivity contribution in [2.75, 3.05) is 25.0 Å². The fraction of sp³-hybridized carbons (Fsp3) is 0.667. The highest BCUT2D eigenvalue weighted by atomic mass is 35.5. The first-order valence-corrected chi connectivity index (χ1v) is 8.03. The van der Waals surface area contributed by atoms with Crippen LogP contribution in [0, 0.1) is 12.8 Å². The first-order chi connectivity index (χ1) is 9.45. The molecule has 1 N–H and O–H groups in total. The van der Waals surface area contributed by atoms with E-state index >= 15 is 0 Å². The van der Waals surface area contributed by atoms with Crippen LogP contribution in [0.3, 0.4) is 0 Å². The molecule has 0 saturated carbocycles. The van der Waals surface area contributed by atoms with E-state index < -0.39 is 0 Å². The van der Waals surface area contributed by atoms with E-state index in [0.717, 1.165) is 43.1 Å². The average molecular weight is 316 g/mol. The van der Waals surface area contributed by atoms with Crippen molar-refractivity contribution in [2.45, 2.75) is 39.7 Å². The van der Waals surface area contributed by atoms with Gasteiger partial charge < -0.3 is 10.2 Å². The summed E-state index contributed by atoms with van der Waals surface area (Å²) in [5, 5.41) is 4.46. The molecule has 1 aliphatic heterocycles. The lowest BCUT2D eigenvalue weighted by molar-refractivity contribution is 0.198. The minimum Gasteiger partial charge on any atom is -0.380 e. The van der Waals surface area contributed by atoms with Crippen LogP contribution in [0.25, 0.3) is 0 Å². The summed E-state index contributed by atoms with van der Waals surface area (Å²) in [4.78, 5) is 6.65. The third-order valence-corrected chi connectivity index (χ3v) is 4.17. The Labute approximate surface area is 131 Å². The monoisotopic (exact) mass is 315 g/mol. The highest BCUT2D eigenvalue weighted by molar-refractivity contribution is 6.34. The Morgan fingerprint density at radius 3 is 2.55 bits per heavy atom. The molecule has 0 bridgehead atoms. The highest BCUT2D eigenvalue weighted by Gasteiger charge is 2.21. The van der Waals surface area contributed by atoms with Crippen molar-refractivity contribution in [3.05, 3.63) is 21.9 Å². The second-order valence-corrected chi connectivity index (χ2v) is 6.79. The summed E-state index contributed by atoms with van der Waals surface area (Å²) in [6, 6.07) is 2.32. The van der Waals surface area contributed by atoms with Crippen molar-refractivity contribution in [3.63, 3.8) is 0 Å². The molecular formula is C15H23Cl2N3. The van der Waals surface area contributed by atoms with Gasteiger partial charge in [-0.1, -0.05) is 37.0 Å². The summed E-state index contributed by atoms with van der Waals surface area (Å²) in [6.07, 6.45) is 2.29. The number of nitrogens with one attached hydrogen (secondary N) is 1. The molecule has 3 nitrogen and oxygen atoms in total. The van der Waals surface area contributed by atoms with Gasteiger partial charge >= 0.3 is 0 Å². The maximum absolute atomic E-state index is 6.18. The number of anilines is 1. The van der Waals surface area contributed by atoms with Gasteiger partial charge in [-0.05, 0) is 37.3 Å². The van der Waals surface area contributed by atoms with Gasteiger partial charge in [0.25, 0.3) is 0 Å². The first kappa shape index (κ1) is 15.9. The third kappa shape index (κ3) is 4.24. The van der Waals surface area contributed by atoms with E-state index in [4.69, 9.17) is 23.2 Å². The molecule has 0 atom stereocenters. The second kappa shape index (κ2) is 6.97. The Hall–Kier alpha value is -0.510. The maximum Gasteiger partial charge on any atom is 0.154 e. The van der Waals surface area contributed by atoms with Crippen LogP contribution in [-0.2, 0) is 0 Å². The molecule has 0 radical (unpaired) electrons. The molecule has 0 unspecified atom stereocenters. The van der Waals surface area contributed by atoms with Crippen LogP contribution in [-0.4, -0.2) is 35.6 Å². The molecule has 5 heteroatoms. The normalized spacial score (nSPS) is 17.7. The average Bonchev–Trinajstić information content (AvgIpc) is 2.35. The topological polar surface area (TPSA) is 28.2 Å². The van der Waals surface area contributed by atoms with E-state index in [1.54, 1.807) is 0 Å². The molecular weight excluding hydrogens is 293 g/mol. The second-order valence-electron chi connectivity index (χ2n) is 6.04. The van der Waals surface area contributed by atoms with E-state index in [2.05, 4.69) is 29.0 Å². The molecule has 1 saturated heterocycles. The van der Waals surface area contributed by atoms with Crippen LogP contribution >= 0.6 is 23.2 Å². The summed E-state index contributed by atoms with van der Waals surface area (Å²) < 4.78 is 0. The van der Waals surface area contributed by atoms with E-state index in [1.807, 2.05) is 13.0 Å². The van der Waals surface area contributed by atoms with Gasteiger partial charge in [-0.15, -0.1) is 0 Å². The molecule has 0 aliphatic carbocycles. The van der Waals surface area contributed by atoms with Crippen LogP contribution in [0.4, 0.5) is 5.69 Å². The van der Waals surface area contributed by atoms with Gasteiger partial charge in [-0.2, -0.15) is 0 Å². The SMILES string of the molecule is Cc1cc(Cl)nc(Cl)c1NC1CCN(CC(C)C)CC1. The molecule has 20 heavy (non-hydrogen) atoms. The Morgan fingerprint density at radius 1 is 1.35 bits per heavy atom. The van der Waals surface area contributed by atoms with E-state index in [9.17, 15) is 0 Å². The number of hydrogen-bond acceptors (Lipinski definition) is 3. The van der Waals surface area contributed by atoms with Crippen LogP contribution in [0.1, 0.15) is 32.3 Å². The zero-order chi connectivity index (χ0) is 14.7. The van der Waals surface area contributed by atoms with Crippen molar-refractivity contribution in [1.29, 1.82) is 0 Å². The van der Waals surface area contributed by atoms with Gasteiger partial charge in [-0.3, -0.25) is 0 Å². The van der Waals surface area contributed by atoms with Gasteiger partial charge in [0.05, 0.1) is 5.69 Å². The van der Waals surface area contributed by atoms with Crippen LogP contribution in [0.5, 0.6) is 0 Å². The number of pyridine rings is 1. The number of nitrogens with zero attached hydrogens (tertiary/aromatic N) is 2. The van der Waals surface area contributed by atoms with Crippen molar-refractivity contribution >= 4 is 28.9 Å². The minimum absolute atomic E-state index is 0.449. The molecule has 1 aliphatic rings. The Bertz CT molecular complexity index is 431. The zero-order valence-electron chi connectivity index (χ0n) is 12.4. The van der Waals surface area contributed by atoms with E-state index in [-0.39, 0.29) is 0 Å². The van der Waals surface area contributed by atoms with Crippen LogP contribution in [0.15, 0.2) is 6.07 Å². The lowest BCUT2D eigenvalue weighted by Gasteiger charge is -2.34. The minimum atomic E-state index is 0.449. The summed E-state index contributed by atoms with van der Waals surface area (Å²) in [7, 11) is 0. The molecule has 0 spiro atoms. The summed E-state index contributed by atoms with van der Waals surface area (Å²) in [6.45, 7) is 10.0. The van der Waals surface area contributed by atoms with Crippen molar-refractivity contribution in [3.8, 4) is 0 Å². The molecule has 1 aromatic rings. The van der Waals surface area contributed by atoms with Gasteiger partial charge in [0.1, 0.15) is 5.15 Å². The first-order valence-electron chi connectivity index (χ1n) is 7.27. The molecule has 0 amide bonds. The van der Waals surface area contributed by atoms with E-state index in [1.165, 1.54) is 6.54 Å². The molecule has 112 valence electrons. The third-order valence-electron chi connectivity index (χ3n) is 3.70. The Kier molecular flexibility index (Phi) is 5.53. The number of halogens is 2. The fourth-order valence-electron chi connectivity index (χ4n) is 2.75. The van der Waals surface area contributed by atoms with Crippen molar-refractivity contribution in [1.82, 2.24) is 9.88 Å². The maximum atomic E-state index is 6.18. The van der Waals surface area contributed by atoms with Gasteiger partial charge in [0.2, 0.25) is 0 Å². The smallest absolute Gasteiger partial charge is 0.154 e. The number of rotatable bonds is 4. The number of piperidine rings is 1. The highest BCUT2D eigenvalue weighted by Crippen LogP contribution is 2.28. The molecule has 1 fully saturated rings. The van der Waals surface area contributed by atoms with Gasteiger partial charge in [-0.25, -0.2) is 4.98 Å². The number of hydrogen-bond donors (Lipinski definition) is 1. The summed E-state index contributed by atoms with van der Waals surface area (Å²) in [5.41, 5.74) is 1.98. The number of aromatic nitrogens is 1. The van der Waals surface area contributed by atoms with Crippen molar-refractivity contribution < 1.29 is 0 Å². The molecule has 0 aromatic carbocycles. The quantitative estimate of drug-likeness (QED) is 0.843. The molecule has 2 heterocycles. The Morgan fingerprint density at radius 2 is 2.00 bits per heavy atom. The molecule has 1 aromatic heterocycles. The predicted molar refractivity (Wildman–Crippen MR) is 86.9 cm³/mol. The number of aryl methyl sites for hydroxylation is 1. The summed E-state index contributed by atoms with van der Waals surface area (Å²) in [5.74, 6) is 0.733. The predicted octanol–water partition coefficient (Wildman–Crippen LogP) is 4.23. The van der Waals surface area contributed by atoms with Gasteiger partial charge in [0, 0.05) is 25.7 Å². The lowest BCUT2D eigenvalue weighted by Crippen LogP contribution is -2.40. The lowest BCUT2D eigenvalue weighted by atomic mass is 10.0. The summed E-state index contributed by atoms with van der Waals surface area (Å²) >= 11 is 12.1. The standard InChI is InChI=1S/C15H23Cl2N3/c1-10(2)9-20-6-4-12(5-7-20)18-14-11(3)8-13(16)19-15(14)17/h8,10,12,18H,4-7,9H2,1-3H3. The van der Waals surface area contributed by atoms with Crippen LogP contribution in [0.2, 0.25) is 10.3 Å². The fourth-order valence-corrected chi connectivity index (χ4v) is 3.34. The van der Waals surface area contributed by atoms with E-state index in [0.29, 0.717) is 16.3 Å². The largest absolute Gasteiger partial charge is 0.380 e. The van der Waals surface area contributed by atoms with Gasteiger partial charge in [0.15, 0.2) is 5.15 Å². The van der Waals surface area contributed by atoms with Crippen LogP contribution < -0.4 is 5.32 Å².